The van der Waals surface area contributed by atoms with Crippen LogP contribution in [0.4, 0.5) is 0 Å². The van der Waals surface area contributed by atoms with Gasteiger partial charge in [-0.1, -0.05) is 24.0 Å². The number of hydrogen-bond acceptors (Lipinski definition) is 3. The van der Waals surface area contributed by atoms with E-state index in [9.17, 15) is 4.79 Å². The first kappa shape index (κ1) is 12.3. The predicted molar refractivity (Wildman–Crippen MR) is 62.7 cm³/mol. The molecule has 3 nitrogen and oxygen atoms in total. The van der Waals surface area contributed by atoms with Gasteiger partial charge in [-0.05, 0) is 24.7 Å². The predicted octanol–water partition coefficient (Wildman–Crippen LogP) is 1.32. The lowest BCUT2D eigenvalue weighted by Crippen LogP contribution is -2.04. The second-order valence-electron chi connectivity index (χ2n) is 3.28. The Morgan fingerprint density at radius 1 is 1.38 bits per heavy atom. The maximum Gasteiger partial charge on any atom is 0.317 e. The topological polar surface area (TPSA) is 38.3 Å². The Kier molecular flexibility index (Phi) is 5.10. The zero-order chi connectivity index (χ0) is 11.8. The number of benzene rings is 1. The minimum atomic E-state index is -0.306. The molecular weight excluding hydrogens is 202 g/mol. The second kappa shape index (κ2) is 6.65. The Morgan fingerprint density at radius 3 is 2.62 bits per heavy atom. The van der Waals surface area contributed by atoms with E-state index >= 15 is 0 Å². The van der Waals surface area contributed by atoms with E-state index in [0.29, 0.717) is 0 Å². The van der Waals surface area contributed by atoms with E-state index in [1.54, 1.807) is 0 Å². The normalized spacial score (nSPS) is 9.12. The van der Waals surface area contributed by atoms with Crippen molar-refractivity contribution in [3.05, 3.63) is 35.4 Å². The van der Waals surface area contributed by atoms with Crippen LogP contribution in [0.25, 0.3) is 0 Å². The van der Waals surface area contributed by atoms with Crippen LogP contribution in [-0.4, -0.2) is 20.1 Å². The van der Waals surface area contributed by atoms with Crippen molar-refractivity contribution < 1.29 is 9.53 Å². The molecule has 0 unspecified atom stereocenters. The lowest BCUT2D eigenvalue weighted by molar-refractivity contribution is -0.139. The third-order valence-corrected chi connectivity index (χ3v) is 2.03. The van der Waals surface area contributed by atoms with Gasteiger partial charge < -0.3 is 10.1 Å². The summed E-state index contributed by atoms with van der Waals surface area (Å²) < 4.78 is 4.49. The summed E-state index contributed by atoms with van der Waals surface area (Å²) in [6.07, 6.45) is 0.134. The number of carbonyl (C=O) groups excluding carboxylic acids is 1. The Morgan fingerprint density at radius 2 is 2.06 bits per heavy atom. The van der Waals surface area contributed by atoms with Crippen molar-refractivity contribution in [3.8, 4) is 11.8 Å². The first-order valence-electron chi connectivity index (χ1n) is 5.05. The molecular formula is C13H15NO2. The Hall–Kier alpha value is -1.79. The summed E-state index contributed by atoms with van der Waals surface area (Å²) in [5.41, 5.74) is 2.12. The van der Waals surface area contributed by atoms with Crippen LogP contribution in [-0.2, 0) is 16.1 Å². The molecule has 0 aliphatic rings. The van der Waals surface area contributed by atoms with E-state index in [1.165, 1.54) is 12.7 Å². The van der Waals surface area contributed by atoms with Crippen molar-refractivity contribution in [2.24, 2.45) is 0 Å². The molecule has 3 heteroatoms. The standard InChI is InChI=1S/C13H15NO2/c1-14-10-12-8-6-11(7-9-12)4-3-5-13(15)16-2/h6-9,14H,5,10H2,1-2H3. The highest BCUT2D eigenvalue weighted by atomic mass is 16.5. The maximum absolute atomic E-state index is 10.8. The lowest BCUT2D eigenvalue weighted by Gasteiger charge is -1.98. The highest BCUT2D eigenvalue weighted by Crippen LogP contribution is 2.02. The molecule has 0 fully saturated rings. The fourth-order valence-corrected chi connectivity index (χ4v) is 1.20. The average molecular weight is 217 g/mol. The molecule has 1 rings (SSSR count). The molecule has 84 valence electrons. The maximum atomic E-state index is 10.8. The van der Waals surface area contributed by atoms with Crippen molar-refractivity contribution in [3.63, 3.8) is 0 Å². The van der Waals surface area contributed by atoms with E-state index in [-0.39, 0.29) is 12.4 Å². The van der Waals surface area contributed by atoms with Gasteiger partial charge in [-0.25, -0.2) is 0 Å². The molecule has 0 saturated heterocycles. The van der Waals surface area contributed by atoms with Gasteiger partial charge in [0.2, 0.25) is 0 Å². The number of carbonyl (C=O) groups is 1. The number of methoxy groups -OCH3 is 1. The van der Waals surface area contributed by atoms with Gasteiger partial charge in [0.15, 0.2) is 0 Å². The molecule has 0 aliphatic heterocycles. The van der Waals surface area contributed by atoms with Gasteiger partial charge in [-0.2, -0.15) is 0 Å². The van der Waals surface area contributed by atoms with Crippen LogP contribution in [0.15, 0.2) is 24.3 Å². The van der Waals surface area contributed by atoms with E-state index in [1.807, 2.05) is 31.3 Å². The SMILES string of the molecule is CNCc1ccc(C#CCC(=O)OC)cc1. The van der Waals surface area contributed by atoms with Gasteiger partial charge >= 0.3 is 5.97 Å². The van der Waals surface area contributed by atoms with Crippen molar-refractivity contribution in [1.29, 1.82) is 0 Å². The number of nitrogens with one attached hydrogen (secondary N) is 1. The molecule has 0 spiro atoms. The summed E-state index contributed by atoms with van der Waals surface area (Å²) in [6.45, 7) is 0.843. The molecule has 16 heavy (non-hydrogen) atoms. The van der Waals surface area contributed by atoms with Gasteiger partial charge in [-0.15, -0.1) is 0 Å². The van der Waals surface area contributed by atoms with E-state index in [2.05, 4.69) is 21.9 Å². The Labute approximate surface area is 95.8 Å². The molecule has 0 radical (unpaired) electrons. The molecule has 0 atom stereocenters. The monoisotopic (exact) mass is 217 g/mol. The van der Waals surface area contributed by atoms with Crippen molar-refractivity contribution in [1.82, 2.24) is 5.32 Å². The van der Waals surface area contributed by atoms with E-state index < -0.39 is 0 Å². The summed E-state index contributed by atoms with van der Waals surface area (Å²) in [4.78, 5) is 10.8. The van der Waals surface area contributed by atoms with Gasteiger partial charge in [0.05, 0.1) is 7.11 Å². The lowest BCUT2D eigenvalue weighted by atomic mass is 10.1. The number of rotatable bonds is 3. The number of esters is 1. The minimum Gasteiger partial charge on any atom is -0.468 e. The van der Waals surface area contributed by atoms with Crippen LogP contribution in [0.5, 0.6) is 0 Å². The van der Waals surface area contributed by atoms with Gasteiger partial charge in [-0.3, -0.25) is 4.79 Å². The zero-order valence-electron chi connectivity index (χ0n) is 9.54. The molecule has 0 amide bonds. The van der Waals surface area contributed by atoms with Crippen LogP contribution < -0.4 is 5.32 Å². The van der Waals surface area contributed by atoms with Crippen LogP contribution in [0, 0.1) is 11.8 Å². The zero-order valence-corrected chi connectivity index (χ0v) is 9.54. The summed E-state index contributed by atoms with van der Waals surface area (Å²) in [6, 6.07) is 7.91. The first-order chi connectivity index (χ1) is 7.76. The van der Waals surface area contributed by atoms with Crippen LogP contribution >= 0.6 is 0 Å². The van der Waals surface area contributed by atoms with Crippen LogP contribution in [0.3, 0.4) is 0 Å². The molecule has 1 N–H and O–H groups in total. The average Bonchev–Trinajstić information content (AvgIpc) is 2.31. The smallest absolute Gasteiger partial charge is 0.317 e. The van der Waals surface area contributed by atoms with E-state index in [4.69, 9.17) is 0 Å². The van der Waals surface area contributed by atoms with Gasteiger partial charge in [0.25, 0.3) is 0 Å². The van der Waals surface area contributed by atoms with Gasteiger partial charge in [0, 0.05) is 12.1 Å². The quantitative estimate of drug-likeness (QED) is 0.613. The van der Waals surface area contributed by atoms with Gasteiger partial charge in [0.1, 0.15) is 6.42 Å². The van der Waals surface area contributed by atoms with Crippen LogP contribution in [0.1, 0.15) is 17.5 Å². The molecule has 0 saturated carbocycles. The highest BCUT2D eigenvalue weighted by molar-refractivity contribution is 5.72. The number of hydrogen-bond donors (Lipinski definition) is 1. The third kappa shape index (κ3) is 4.16. The second-order valence-corrected chi connectivity index (χ2v) is 3.28. The number of ether oxygens (including phenoxy) is 1. The minimum absolute atomic E-state index is 0.134. The summed E-state index contributed by atoms with van der Waals surface area (Å²) in [5.74, 6) is 5.37. The first-order valence-corrected chi connectivity index (χ1v) is 5.05. The molecule has 1 aromatic carbocycles. The Bertz CT molecular complexity index is 398. The molecule has 1 aromatic rings. The van der Waals surface area contributed by atoms with Crippen molar-refractivity contribution in [2.45, 2.75) is 13.0 Å². The summed E-state index contributed by atoms with van der Waals surface area (Å²) in [7, 11) is 3.26. The Balaban J connectivity index is 2.57. The molecule has 0 aliphatic carbocycles. The molecule has 0 bridgehead atoms. The fourth-order valence-electron chi connectivity index (χ4n) is 1.20. The van der Waals surface area contributed by atoms with E-state index in [0.717, 1.165) is 12.1 Å². The molecule has 0 heterocycles. The molecule has 0 aromatic heterocycles. The highest BCUT2D eigenvalue weighted by Gasteiger charge is 1.94. The van der Waals surface area contributed by atoms with Crippen molar-refractivity contribution >= 4 is 5.97 Å². The third-order valence-electron chi connectivity index (χ3n) is 2.03. The summed E-state index contributed by atoms with van der Waals surface area (Å²) in [5, 5.41) is 3.07. The fraction of sp³-hybridized carbons (Fsp3) is 0.308. The summed E-state index contributed by atoms with van der Waals surface area (Å²) >= 11 is 0. The van der Waals surface area contributed by atoms with Crippen LogP contribution in [0.2, 0.25) is 0 Å². The van der Waals surface area contributed by atoms with Crippen molar-refractivity contribution in [2.75, 3.05) is 14.2 Å². The largest absolute Gasteiger partial charge is 0.468 e.